The second-order valence-corrected chi connectivity index (χ2v) is 9.44. The maximum Gasteiger partial charge on any atom is 0.118 e. The van der Waals surface area contributed by atoms with Gasteiger partial charge in [-0.1, -0.05) is 37.3 Å². The molecule has 30 heavy (non-hydrogen) atoms. The molecular formula is C27H40NO2+. The Labute approximate surface area is 183 Å². The maximum atomic E-state index is 6.03. The zero-order valence-corrected chi connectivity index (χ0v) is 19.3. The lowest BCUT2D eigenvalue weighted by Gasteiger charge is -2.39. The molecule has 3 rings (SSSR count). The summed E-state index contributed by atoms with van der Waals surface area (Å²) >= 11 is 0. The number of hydrogen-bond acceptors (Lipinski definition) is 2. The number of hydrogen-bond donors (Lipinski definition) is 1. The minimum atomic E-state index is -0.00496. The fraction of sp³-hybridized carbons (Fsp3) is 0.556. The van der Waals surface area contributed by atoms with Crippen LogP contribution in [0.15, 0.2) is 54.6 Å². The molecule has 1 aliphatic rings. The normalized spacial score (nSPS) is 20.5. The van der Waals surface area contributed by atoms with Crippen LogP contribution in [0.4, 0.5) is 0 Å². The molecule has 0 spiro atoms. The minimum Gasteiger partial charge on any atom is -0.497 e. The van der Waals surface area contributed by atoms with E-state index in [0.29, 0.717) is 11.8 Å². The highest BCUT2D eigenvalue weighted by atomic mass is 16.5. The summed E-state index contributed by atoms with van der Waals surface area (Å²) in [5, 5.41) is 0. The number of nitrogens with one attached hydrogen (secondary N) is 1. The molecule has 1 saturated heterocycles. The Balaban J connectivity index is 1.70. The Bertz CT molecular complexity index is 741. The molecule has 1 heterocycles. The van der Waals surface area contributed by atoms with Crippen molar-refractivity contribution in [2.75, 3.05) is 26.8 Å². The van der Waals surface area contributed by atoms with Crippen LogP contribution in [0.25, 0.3) is 0 Å². The van der Waals surface area contributed by atoms with Gasteiger partial charge in [-0.25, -0.2) is 0 Å². The van der Waals surface area contributed by atoms with Gasteiger partial charge in [0.25, 0.3) is 0 Å². The molecule has 1 aliphatic heterocycles. The molecule has 2 aromatic carbocycles. The van der Waals surface area contributed by atoms with Crippen LogP contribution in [0.2, 0.25) is 0 Å². The molecule has 0 amide bonds. The van der Waals surface area contributed by atoms with Gasteiger partial charge in [-0.3, -0.25) is 0 Å². The second kappa shape index (κ2) is 11.0. The van der Waals surface area contributed by atoms with Gasteiger partial charge in [0.2, 0.25) is 0 Å². The first-order valence-electron chi connectivity index (χ1n) is 11.7. The summed E-state index contributed by atoms with van der Waals surface area (Å²) in [6.45, 7) is 11.2. The van der Waals surface area contributed by atoms with Crippen LogP contribution >= 0.6 is 0 Å². The summed E-state index contributed by atoms with van der Waals surface area (Å²) in [6, 6.07) is 19.8. The first kappa shape index (κ1) is 22.8. The molecule has 1 unspecified atom stereocenters. The van der Waals surface area contributed by atoms with E-state index in [1.165, 1.54) is 43.5 Å². The Morgan fingerprint density at radius 1 is 1.07 bits per heavy atom. The van der Waals surface area contributed by atoms with Crippen molar-refractivity contribution in [1.29, 1.82) is 0 Å². The third-order valence-electron chi connectivity index (χ3n) is 6.56. The predicted molar refractivity (Wildman–Crippen MR) is 124 cm³/mol. The lowest BCUT2D eigenvalue weighted by Crippen LogP contribution is -3.10. The van der Waals surface area contributed by atoms with E-state index >= 15 is 0 Å². The lowest BCUT2D eigenvalue weighted by atomic mass is 9.75. The maximum absolute atomic E-state index is 6.03. The van der Waals surface area contributed by atoms with Gasteiger partial charge in [0, 0.05) is 18.6 Å². The zero-order valence-electron chi connectivity index (χ0n) is 19.3. The lowest BCUT2D eigenvalue weighted by molar-refractivity contribution is -0.914. The highest BCUT2D eigenvalue weighted by Gasteiger charge is 2.34. The summed E-state index contributed by atoms with van der Waals surface area (Å²) in [4.78, 5) is 1.68. The van der Waals surface area contributed by atoms with E-state index in [1.54, 1.807) is 12.0 Å². The Morgan fingerprint density at radius 2 is 1.80 bits per heavy atom. The van der Waals surface area contributed by atoms with Crippen molar-refractivity contribution >= 4 is 0 Å². The molecule has 0 aromatic heterocycles. The van der Waals surface area contributed by atoms with Crippen molar-refractivity contribution in [3.63, 3.8) is 0 Å². The molecule has 0 aliphatic carbocycles. The van der Waals surface area contributed by atoms with Crippen LogP contribution in [-0.4, -0.2) is 32.4 Å². The average Bonchev–Trinajstić information content (AvgIpc) is 2.74. The number of methoxy groups -OCH3 is 1. The predicted octanol–water partition coefficient (Wildman–Crippen LogP) is 4.87. The van der Waals surface area contributed by atoms with Gasteiger partial charge >= 0.3 is 0 Å². The number of rotatable bonds is 10. The molecular weight excluding hydrogens is 370 g/mol. The van der Waals surface area contributed by atoms with Crippen LogP contribution < -0.4 is 9.64 Å². The van der Waals surface area contributed by atoms with E-state index in [9.17, 15) is 0 Å². The summed E-state index contributed by atoms with van der Waals surface area (Å²) < 4.78 is 11.3. The van der Waals surface area contributed by atoms with E-state index in [4.69, 9.17) is 9.47 Å². The fourth-order valence-electron chi connectivity index (χ4n) is 5.04. The molecule has 0 saturated carbocycles. The van der Waals surface area contributed by atoms with Gasteiger partial charge < -0.3 is 14.4 Å². The van der Waals surface area contributed by atoms with Crippen LogP contribution in [0.3, 0.4) is 0 Å². The van der Waals surface area contributed by atoms with Crippen molar-refractivity contribution < 1.29 is 14.4 Å². The molecule has 2 aromatic rings. The smallest absolute Gasteiger partial charge is 0.118 e. The monoisotopic (exact) mass is 410 g/mol. The van der Waals surface area contributed by atoms with E-state index in [0.717, 1.165) is 25.3 Å². The Hall–Kier alpha value is -1.84. The summed E-state index contributed by atoms with van der Waals surface area (Å²) in [5.41, 5.74) is 2.89. The SMILES string of the molecule is CCC[NH+](CC[C@H](c1ccccc1)[C@@H]1CCOC(C)(C)C1)Cc1ccc(OC)cc1. The van der Waals surface area contributed by atoms with Crippen molar-refractivity contribution in [3.8, 4) is 5.75 Å². The van der Waals surface area contributed by atoms with Crippen LogP contribution in [0.1, 0.15) is 63.5 Å². The molecule has 3 nitrogen and oxygen atoms in total. The topological polar surface area (TPSA) is 22.9 Å². The number of ether oxygens (including phenoxy) is 2. The van der Waals surface area contributed by atoms with Gasteiger partial charge in [-0.2, -0.15) is 0 Å². The van der Waals surface area contributed by atoms with Crippen molar-refractivity contribution in [3.05, 3.63) is 65.7 Å². The van der Waals surface area contributed by atoms with Crippen molar-refractivity contribution in [1.82, 2.24) is 0 Å². The standard InChI is InChI=1S/C27H39NO2/c1-5-17-28(21-22-11-13-25(29-4)14-12-22)18-15-26(23-9-7-6-8-10-23)24-16-19-30-27(2,3)20-24/h6-14,24,26H,5,15-21H2,1-4H3/p+1/t24-,26-/m1/s1. The largest absolute Gasteiger partial charge is 0.497 e. The van der Waals surface area contributed by atoms with Crippen molar-refractivity contribution in [2.45, 2.75) is 64.5 Å². The number of quaternary nitrogens is 1. The highest BCUT2D eigenvalue weighted by molar-refractivity contribution is 5.26. The molecule has 0 radical (unpaired) electrons. The van der Waals surface area contributed by atoms with E-state index < -0.39 is 0 Å². The first-order valence-corrected chi connectivity index (χ1v) is 11.7. The second-order valence-electron chi connectivity index (χ2n) is 9.44. The van der Waals surface area contributed by atoms with Crippen LogP contribution in [0, 0.1) is 5.92 Å². The zero-order chi connectivity index (χ0) is 21.4. The van der Waals surface area contributed by atoms with Gasteiger partial charge in [-0.15, -0.1) is 0 Å². The molecule has 3 atom stereocenters. The van der Waals surface area contributed by atoms with Crippen LogP contribution in [-0.2, 0) is 11.3 Å². The average molecular weight is 411 g/mol. The van der Waals surface area contributed by atoms with Gasteiger partial charge in [-0.05, 0) is 74.8 Å². The quantitative estimate of drug-likeness (QED) is 0.604. The summed E-state index contributed by atoms with van der Waals surface area (Å²) in [7, 11) is 1.73. The van der Waals surface area contributed by atoms with Crippen molar-refractivity contribution in [2.24, 2.45) is 5.92 Å². The number of benzene rings is 2. The van der Waals surface area contributed by atoms with Gasteiger partial charge in [0.1, 0.15) is 12.3 Å². The molecule has 164 valence electrons. The van der Waals surface area contributed by atoms with E-state index in [2.05, 4.69) is 75.4 Å². The van der Waals surface area contributed by atoms with E-state index in [1.807, 2.05) is 0 Å². The Kier molecular flexibility index (Phi) is 8.35. The fourth-order valence-corrected chi connectivity index (χ4v) is 5.04. The summed E-state index contributed by atoms with van der Waals surface area (Å²) in [5.74, 6) is 2.24. The van der Waals surface area contributed by atoms with Gasteiger partial charge in [0.05, 0.1) is 25.8 Å². The molecule has 1 N–H and O–H groups in total. The molecule has 1 fully saturated rings. The molecule has 0 bridgehead atoms. The first-order chi connectivity index (χ1) is 14.5. The highest BCUT2D eigenvalue weighted by Crippen LogP contribution is 2.39. The van der Waals surface area contributed by atoms with E-state index in [-0.39, 0.29) is 5.60 Å². The minimum absolute atomic E-state index is 0.00496. The van der Waals surface area contributed by atoms with Gasteiger partial charge in [0.15, 0.2) is 0 Å². The van der Waals surface area contributed by atoms with Crippen LogP contribution in [0.5, 0.6) is 5.75 Å². The third-order valence-corrected chi connectivity index (χ3v) is 6.56. The third kappa shape index (κ3) is 6.58. The molecule has 3 heteroatoms. The summed E-state index contributed by atoms with van der Waals surface area (Å²) in [6.07, 6.45) is 4.76. The Morgan fingerprint density at radius 3 is 2.43 bits per heavy atom.